The molecule has 3 N–H and O–H groups in total. The molecule has 0 aliphatic carbocycles. The quantitative estimate of drug-likeness (QED) is 0.865. The molecule has 20 heavy (non-hydrogen) atoms. The summed E-state index contributed by atoms with van der Waals surface area (Å²) in [4.78, 5) is 13.5. The van der Waals surface area contributed by atoms with E-state index in [2.05, 4.69) is 5.32 Å². The molecule has 2 heterocycles. The van der Waals surface area contributed by atoms with Crippen molar-refractivity contribution in [2.45, 2.75) is 19.3 Å². The first-order valence-electron chi connectivity index (χ1n) is 6.47. The number of hydrogen-bond donors (Lipinski definition) is 2. The fourth-order valence-corrected chi connectivity index (χ4v) is 3.35. The van der Waals surface area contributed by atoms with E-state index in [-0.39, 0.29) is 18.3 Å². The van der Waals surface area contributed by atoms with Crippen LogP contribution >= 0.6 is 35.3 Å². The van der Waals surface area contributed by atoms with Gasteiger partial charge in [-0.1, -0.05) is 11.6 Å². The molecule has 0 aromatic carbocycles. The lowest BCUT2D eigenvalue weighted by Crippen LogP contribution is -2.49. The Morgan fingerprint density at radius 3 is 2.70 bits per heavy atom. The Hall–Kier alpha value is -0.330. The van der Waals surface area contributed by atoms with E-state index >= 15 is 0 Å². The average molecular weight is 339 g/mol. The van der Waals surface area contributed by atoms with Gasteiger partial charge in [0.15, 0.2) is 0 Å². The van der Waals surface area contributed by atoms with Crippen LogP contribution in [0.3, 0.4) is 0 Å². The molecule has 1 aliphatic heterocycles. The lowest BCUT2D eigenvalue weighted by molar-refractivity contribution is -0.135. The molecule has 1 amide bonds. The molecule has 0 bridgehead atoms. The Kier molecular flexibility index (Phi) is 7.26. The summed E-state index contributed by atoms with van der Waals surface area (Å²) in [5.74, 6) is 0.0564. The predicted octanol–water partition coefficient (Wildman–Crippen LogP) is 2.24. The molecule has 1 saturated heterocycles. The highest BCUT2D eigenvalue weighted by molar-refractivity contribution is 7.16. The Balaban J connectivity index is 0.00000200. The van der Waals surface area contributed by atoms with Crippen molar-refractivity contribution >= 4 is 41.3 Å². The summed E-state index contributed by atoms with van der Waals surface area (Å²) in [6.45, 7) is 2.24. The first kappa shape index (κ1) is 17.7. The second kappa shape index (κ2) is 8.20. The maximum absolute atomic E-state index is 12.3. The molecule has 0 atom stereocenters. The van der Waals surface area contributed by atoms with E-state index in [0.29, 0.717) is 39.1 Å². The van der Waals surface area contributed by atoms with Gasteiger partial charge in [-0.15, -0.1) is 23.7 Å². The zero-order valence-corrected chi connectivity index (χ0v) is 13.6. The van der Waals surface area contributed by atoms with Crippen LogP contribution < -0.4 is 11.1 Å². The standard InChI is InChI=1S/C13H19ClN2O2S.ClH/c14-11-2-1-10(19-11)3-6-16-12(17)13(9-15)4-7-18-8-5-13;/h1-2H,3-9,15H2,(H,16,17);1H. The fraction of sp³-hybridized carbons (Fsp3) is 0.615. The first-order valence-corrected chi connectivity index (χ1v) is 7.66. The van der Waals surface area contributed by atoms with Crippen molar-refractivity contribution < 1.29 is 9.53 Å². The minimum Gasteiger partial charge on any atom is -0.381 e. The van der Waals surface area contributed by atoms with Crippen molar-refractivity contribution in [3.05, 3.63) is 21.3 Å². The smallest absolute Gasteiger partial charge is 0.227 e. The number of amides is 1. The maximum Gasteiger partial charge on any atom is 0.227 e. The minimum atomic E-state index is -0.439. The van der Waals surface area contributed by atoms with Gasteiger partial charge in [-0.05, 0) is 31.4 Å². The molecule has 0 saturated carbocycles. The van der Waals surface area contributed by atoms with E-state index < -0.39 is 5.41 Å². The molecule has 2 rings (SSSR count). The van der Waals surface area contributed by atoms with Crippen LogP contribution in [-0.2, 0) is 16.0 Å². The SMILES string of the molecule is Cl.NCC1(C(=O)NCCc2ccc(Cl)s2)CCOCC1. The van der Waals surface area contributed by atoms with Crippen molar-refractivity contribution in [3.8, 4) is 0 Å². The van der Waals surface area contributed by atoms with Gasteiger partial charge in [-0.2, -0.15) is 0 Å². The second-order valence-corrected chi connectivity index (χ2v) is 6.61. The molecule has 7 heteroatoms. The molecule has 1 aromatic heterocycles. The maximum atomic E-state index is 12.3. The number of thiophene rings is 1. The van der Waals surface area contributed by atoms with Crippen LogP contribution in [-0.4, -0.2) is 32.2 Å². The Morgan fingerprint density at radius 2 is 2.15 bits per heavy atom. The number of rotatable bonds is 5. The monoisotopic (exact) mass is 338 g/mol. The van der Waals surface area contributed by atoms with Crippen LogP contribution in [0.25, 0.3) is 0 Å². The van der Waals surface area contributed by atoms with Crippen LogP contribution in [0.5, 0.6) is 0 Å². The summed E-state index contributed by atoms with van der Waals surface area (Å²) in [7, 11) is 0. The van der Waals surface area contributed by atoms with Crippen molar-refractivity contribution in [2.24, 2.45) is 11.1 Å². The predicted molar refractivity (Wildman–Crippen MR) is 84.8 cm³/mol. The van der Waals surface area contributed by atoms with Crippen LogP contribution in [0.4, 0.5) is 0 Å². The Labute approximate surface area is 134 Å². The third-order valence-corrected chi connectivity index (χ3v) is 4.90. The molecule has 0 radical (unpaired) electrons. The minimum absolute atomic E-state index is 0. The van der Waals surface area contributed by atoms with E-state index in [1.165, 1.54) is 4.88 Å². The average Bonchev–Trinajstić information content (AvgIpc) is 2.85. The topological polar surface area (TPSA) is 64.4 Å². The summed E-state index contributed by atoms with van der Waals surface area (Å²) in [6, 6.07) is 3.87. The van der Waals surface area contributed by atoms with Gasteiger partial charge in [-0.3, -0.25) is 4.79 Å². The number of nitrogens with one attached hydrogen (secondary N) is 1. The number of nitrogens with two attached hydrogens (primary N) is 1. The summed E-state index contributed by atoms with van der Waals surface area (Å²) in [6.07, 6.45) is 2.22. The largest absolute Gasteiger partial charge is 0.381 e. The number of carbonyl (C=O) groups is 1. The summed E-state index contributed by atoms with van der Waals surface area (Å²) < 4.78 is 6.09. The van der Waals surface area contributed by atoms with Crippen LogP contribution in [0, 0.1) is 5.41 Å². The molecule has 4 nitrogen and oxygen atoms in total. The normalized spacial score (nSPS) is 17.3. The molecule has 0 unspecified atom stereocenters. The van der Waals surface area contributed by atoms with E-state index in [0.717, 1.165) is 10.8 Å². The first-order chi connectivity index (χ1) is 9.16. The summed E-state index contributed by atoms with van der Waals surface area (Å²) in [5.41, 5.74) is 5.35. The van der Waals surface area contributed by atoms with Gasteiger partial charge in [-0.25, -0.2) is 0 Å². The number of hydrogen-bond acceptors (Lipinski definition) is 4. The van der Waals surface area contributed by atoms with Crippen molar-refractivity contribution in [1.29, 1.82) is 0 Å². The van der Waals surface area contributed by atoms with E-state index in [1.807, 2.05) is 12.1 Å². The molecule has 114 valence electrons. The van der Waals surface area contributed by atoms with Gasteiger partial charge >= 0.3 is 0 Å². The van der Waals surface area contributed by atoms with Crippen molar-refractivity contribution in [1.82, 2.24) is 5.32 Å². The van der Waals surface area contributed by atoms with E-state index in [4.69, 9.17) is 22.1 Å². The Morgan fingerprint density at radius 1 is 1.45 bits per heavy atom. The number of halogens is 2. The number of carbonyl (C=O) groups excluding carboxylic acids is 1. The van der Waals surface area contributed by atoms with Gasteiger partial charge in [0, 0.05) is 31.2 Å². The van der Waals surface area contributed by atoms with Gasteiger partial charge < -0.3 is 15.8 Å². The zero-order chi connectivity index (χ0) is 13.7. The van der Waals surface area contributed by atoms with Crippen molar-refractivity contribution in [3.63, 3.8) is 0 Å². The van der Waals surface area contributed by atoms with Gasteiger partial charge in [0.2, 0.25) is 5.91 Å². The van der Waals surface area contributed by atoms with Gasteiger partial charge in [0.1, 0.15) is 0 Å². The molecule has 0 spiro atoms. The van der Waals surface area contributed by atoms with E-state index in [9.17, 15) is 4.79 Å². The molecular formula is C13H20Cl2N2O2S. The highest BCUT2D eigenvalue weighted by atomic mass is 35.5. The highest BCUT2D eigenvalue weighted by Crippen LogP contribution is 2.29. The summed E-state index contributed by atoms with van der Waals surface area (Å²) in [5, 5.41) is 2.99. The Bertz CT molecular complexity index is 434. The lowest BCUT2D eigenvalue weighted by atomic mass is 9.79. The summed E-state index contributed by atoms with van der Waals surface area (Å²) >= 11 is 7.42. The molecular weight excluding hydrogens is 319 g/mol. The molecule has 1 aliphatic rings. The zero-order valence-electron chi connectivity index (χ0n) is 11.2. The third kappa shape index (κ3) is 4.33. The second-order valence-electron chi connectivity index (χ2n) is 4.81. The van der Waals surface area contributed by atoms with Gasteiger partial charge in [0.25, 0.3) is 0 Å². The van der Waals surface area contributed by atoms with Crippen molar-refractivity contribution in [2.75, 3.05) is 26.3 Å². The fourth-order valence-electron chi connectivity index (χ4n) is 2.26. The van der Waals surface area contributed by atoms with Gasteiger partial charge in [0.05, 0.1) is 9.75 Å². The molecule has 1 fully saturated rings. The molecule has 1 aromatic rings. The van der Waals surface area contributed by atoms with Crippen LogP contribution in [0.15, 0.2) is 12.1 Å². The van der Waals surface area contributed by atoms with Crippen LogP contribution in [0.1, 0.15) is 17.7 Å². The third-order valence-electron chi connectivity index (χ3n) is 3.61. The van der Waals surface area contributed by atoms with E-state index in [1.54, 1.807) is 11.3 Å². The van der Waals surface area contributed by atoms with Crippen LogP contribution in [0.2, 0.25) is 4.34 Å². The highest BCUT2D eigenvalue weighted by Gasteiger charge is 2.38. The lowest BCUT2D eigenvalue weighted by Gasteiger charge is -2.34. The number of ether oxygens (including phenoxy) is 1.